The Balaban J connectivity index is 1.49. The van der Waals surface area contributed by atoms with Crippen LogP contribution in [-0.2, 0) is 16.0 Å². The Hall–Kier alpha value is -2.86. The fourth-order valence-electron chi connectivity index (χ4n) is 3.59. The van der Waals surface area contributed by atoms with Crippen LogP contribution < -0.4 is 15.1 Å². The molecule has 1 saturated heterocycles. The van der Waals surface area contributed by atoms with Gasteiger partial charge in [-0.2, -0.15) is 0 Å². The van der Waals surface area contributed by atoms with E-state index in [1.54, 1.807) is 6.07 Å². The molecule has 0 spiro atoms. The number of benzene rings is 2. The molecule has 148 valence electrons. The van der Waals surface area contributed by atoms with Gasteiger partial charge < -0.3 is 20.2 Å². The highest BCUT2D eigenvalue weighted by Crippen LogP contribution is 2.25. The van der Waals surface area contributed by atoms with Gasteiger partial charge in [0.1, 0.15) is 5.75 Å². The lowest BCUT2D eigenvalue weighted by molar-refractivity contribution is -0.892. The van der Waals surface area contributed by atoms with Crippen molar-refractivity contribution in [3.05, 3.63) is 60.2 Å². The summed E-state index contributed by atoms with van der Waals surface area (Å²) in [5.41, 5.74) is 1.87. The SMILES string of the molecule is CC(=O)[C@H](Cc1ccccc1)NC(=O)C[NH+]1CCN(c2ccccc2O)CC1. The molecule has 2 aromatic rings. The molecule has 1 atom stereocenters. The van der Waals surface area contributed by atoms with E-state index in [9.17, 15) is 14.7 Å². The number of aromatic hydroxyl groups is 1. The summed E-state index contributed by atoms with van der Waals surface area (Å²) in [5.74, 6) is 0.160. The van der Waals surface area contributed by atoms with E-state index in [-0.39, 0.29) is 17.4 Å². The lowest BCUT2D eigenvalue weighted by Crippen LogP contribution is -3.16. The summed E-state index contributed by atoms with van der Waals surface area (Å²) in [7, 11) is 0. The Morgan fingerprint density at radius 3 is 2.36 bits per heavy atom. The summed E-state index contributed by atoms with van der Waals surface area (Å²) < 4.78 is 0. The van der Waals surface area contributed by atoms with Crippen LogP contribution >= 0.6 is 0 Å². The number of para-hydroxylation sites is 2. The van der Waals surface area contributed by atoms with Gasteiger partial charge in [0.25, 0.3) is 5.91 Å². The number of Topliss-reactive ketones (excluding diaryl/α,β-unsaturated/α-hetero) is 1. The smallest absolute Gasteiger partial charge is 0.275 e. The molecular formula is C22H28N3O3+. The van der Waals surface area contributed by atoms with Crippen molar-refractivity contribution in [1.82, 2.24) is 5.32 Å². The van der Waals surface area contributed by atoms with E-state index < -0.39 is 6.04 Å². The Kier molecular flexibility index (Phi) is 6.66. The van der Waals surface area contributed by atoms with Crippen LogP contribution in [0.15, 0.2) is 54.6 Å². The summed E-state index contributed by atoms with van der Waals surface area (Å²) in [6, 6.07) is 16.6. The minimum atomic E-state index is -0.489. The second kappa shape index (κ2) is 9.37. The van der Waals surface area contributed by atoms with Gasteiger partial charge in [-0.3, -0.25) is 9.59 Å². The fraction of sp³-hybridized carbons (Fsp3) is 0.364. The minimum Gasteiger partial charge on any atom is -0.506 e. The number of carbonyl (C=O) groups is 2. The first-order valence-electron chi connectivity index (χ1n) is 9.73. The zero-order valence-corrected chi connectivity index (χ0v) is 16.2. The van der Waals surface area contributed by atoms with Gasteiger partial charge in [0.15, 0.2) is 12.3 Å². The Labute approximate surface area is 165 Å². The molecule has 0 radical (unpaired) electrons. The molecule has 28 heavy (non-hydrogen) atoms. The number of quaternary nitrogens is 1. The van der Waals surface area contributed by atoms with E-state index in [0.717, 1.165) is 37.4 Å². The Morgan fingerprint density at radius 2 is 1.71 bits per heavy atom. The third-order valence-electron chi connectivity index (χ3n) is 5.21. The minimum absolute atomic E-state index is 0.0309. The molecule has 0 aliphatic carbocycles. The molecule has 0 unspecified atom stereocenters. The third kappa shape index (κ3) is 5.33. The van der Waals surface area contributed by atoms with Crippen molar-refractivity contribution < 1.29 is 19.6 Å². The summed E-state index contributed by atoms with van der Waals surface area (Å²) in [5, 5.41) is 12.9. The normalized spacial score (nSPS) is 15.8. The molecule has 6 nitrogen and oxygen atoms in total. The number of hydrogen-bond acceptors (Lipinski definition) is 4. The third-order valence-corrected chi connectivity index (χ3v) is 5.21. The second-order valence-electron chi connectivity index (χ2n) is 7.32. The number of carbonyl (C=O) groups excluding carboxylic acids is 2. The number of hydrogen-bond donors (Lipinski definition) is 3. The average Bonchev–Trinajstić information content (AvgIpc) is 2.69. The number of amides is 1. The number of anilines is 1. The van der Waals surface area contributed by atoms with E-state index in [1.165, 1.54) is 11.8 Å². The Bertz CT molecular complexity index is 802. The fourth-order valence-corrected chi connectivity index (χ4v) is 3.59. The van der Waals surface area contributed by atoms with E-state index in [0.29, 0.717) is 13.0 Å². The largest absolute Gasteiger partial charge is 0.506 e. The number of piperazine rings is 1. The summed E-state index contributed by atoms with van der Waals surface area (Å²) >= 11 is 0. The molecule has 0 bridgehead atoms. The van der Waals surface area contributed by atoms with Crippen LogP contribution in [0.4, 0.5) is 5.69 Å². The van der Waals surface area contributed by atoms with Gasteiger partial charge in [-0.05, 0) is 31.0 Å². The summed E-state index contributed by atoms with van der Waals surface area (Å²) in [4.78, 5) is 27.8. The van der Waals surface area contributed by atoms with Gasteiger partial charge in [-0.1, -0.05) is 42.5 Å². The quantitative estimate of drug-likeness (QED) is 0.649. The molecule has 1 aliphatic rings. The molecule has 3 rings (SSSR count). The van der Waals surface area contributed by atoms with Crippen molar-refractivity contribution in [1.29, 1.82) is 0 Å². The first-order chi connectivity index (χ1) is 13.5. The van der Waals surface area contributed by atoms with E-state index in [1.807, 2.05) is 48.5 Å². The number of rotatable bonds is 7. The second-order valence-corrected chi connectivity index (χ2v) is 7.32. The molecule has 3 N–H and O–H groups in total. The van der Waals surface area contributed by atoms with Crippen molar-refractivity contribution in [3.8, 4) is 5.75 Å². The maximum Gasteiger partial charge on any atom is 0.275 e. The Morgan fingerprint density at radius 1 is 1.07 bits per heavy atom. The zero-order chi connectivity index (χ0) is 19.9. The standard InChI is InChI=1S/C22H27N3O3/c1-17(26)19(15-18-7-3-2-4-8-18)23-22(28)16-24-11-13-25(14-12-24)20-9-5-6-10-21(20)27/h2-10,19,27H,11-16H2,1H3,(H,23,28)/p+1/t19-/m0/s1. The van der Waals surface area contributed by atoms with Crippen LogP contribution in [0.5, 0.6) is 5.75 Å². The molecule has 0 aromatic heterocycles. The van der Waals surface area contributed by atoms with Gasteiger partial charge in [-0.15, -0.1) is 0 Å². The number of phenolic OH excluding ortho intramolecular Hbond substituents is 1. The zero-order valence-electron chi connectivity index (χ0n) is 16.2. The average molecular weight is 382 g/mol. The lowest BCUT2D eigenvalue weighted by atomic mass is 10.0. The van der Waals surface area contributed by atoms with Crippen LogP contribution in [0.3, 0.4) is 0 Å². The molecule has 1 aliphatic heterocycles. The highest BCUT2D eigenvalue weighted by molar-refractivity contribution is 5.88. The van der Waals surface area contributed by atoms with Crippen LogP contribution in [0.1, 0.15) is 12.5 Å². The van der Waals surface area contributed by atoms with Crippen molar-refractivity contribution in [2.75, 3.05) is 37.6 Å². The molecule has 2 aromatic carbocycles. The number of ketones is 1. The predicted octanol–water partition coefficient (Wildman–Crippen LogP) is 0.414. The first kappa shape index (κ1) is 19.9. The number of nitrogens with zero attached hydrogens (tertiary/aromatic N) is 1. The van der Waals surface area contributed by atoms with E-state index in [4.69, 9.17) is 0 Å². The van der Waals surface area contributed by atoms with Crippen molar-refractivity contribution >= 4 is 17.4 Å². The summed E-state index contributed by atoms with van der Waals surface area (Å²) in [6.07, 6.45) is 0.512. The van der Waals surface area contributed by atoms with Crippen LogP contribution in [0, 0.1) is 0 Å². The number of phenols is 1. The summed E-state index contributed by atoms with van der Waals surface area (Å²) in [6.45, 7) is 5.05. The van der Waals surface area contributed by atoms with E-state index >= 15 is 0 Å². The van der Waals surface area contributed by atoms with Gasteiger partial charge in [-0.25, -0.2) is 0 Å². The van der Waals surface area contributed by atoms with Crippen molar-refractivity contribution in [2.45, 2.75) is 19.4 Å². The first-order valence-corrected chi connectivity index (χ1v) is 9.73. The molecular weight excluding hydrogens is 354 g/mol. The van der Waals surface area contributed by atoms with Gasteiger partial charge >= 0.3 is 0 Å². The van der Waals surface area contributed by atoms with Crippen LogP contribution in [0.2, 0.25) is 0 Å². The monoisotopic (exact) mass is 382 g/mol. The lowest BCUT2D eigenvalue weighted by Gasteiger charge is -2.33. The van der Waals surface area contributed by atoms with Gasteiger partial charge in [0.2, 0.25) is 0 Å². The van der Waals surface area contributed by atoms with Crippen molar-refractivity contribution in [2.24, 2.45) is 0 Å². The highest BCUT2D eigenvalue weighted by Gasteiger charge is 2.25. The van der Waals surface area contributed by atoms with E-state index in [2.05, 4.69) is 10.2 Å². The van der Waals surface area contributed by atoms with Gasteiger partial charge in [0, 0.05) is 0 Å². The molecule has 1 amide bonds. The topological polar surface area (TPSA) is 74.1 Å². The number of nitrogens with one attached hydrogen (secondary N) is 2. The molecule has 1 heterocycles. The van der Waals surface area contributed by atoms with Crippen LogP contribution in [-0.4, -0.2) is 55.6 Å². The van der Waals surface area contributed by atoms with Gasteiger partial charge in [0.05, 0.1) is 37.9 Å². The highest BCUT2D eigenvalue weighted by atomic mass is 16.3. The molecule has 0 saturated carbocycles. The molecule has 6 heteroatoms. The predicted molar refractivity (Wildman–Crippen MR) is 109 cm³/mol. The maximum atomic E-state index is 12.5. The van der Waals surface area contributed by atoms with Crippen LogP contribution in [0.25, 0.3) is 0 Å². The van der Waals surface area contributed by atoms with Crippen molar-refractivity contribution in [3.63, 3.8) is 0 Å². The molecule has 1 fully saturated rings. The maximum absolute atomic E-state index is 12.5.